The van der Waals surface area contributed by atoms with Gasteiger partial charge < -0.3 is 9.64 Å². The molecule has 1 atom stereocenters. The summed E-state index contributed by atoms with van der Waals surface area (Å²) in [5, 5.41) is 8.17. The molecule has 1 aromatic heterocycles. The number of aromatic nitrogens is 3. The molecule has 138 valence electrons. The zero-order chi connectivity index (χ0) is 18.6. The number of carbonyl (C=O) groups is 1. The van der Waals surface area contributed by atoms with Crippen molar-refractivity contribution in [3.05, 3.63) is 82.1 Å². The minimum Gasteiger partial charge on any atom is -0.370 e. The van der Waals surface area contributed by atoms with Gasteiger partial charge in [0.25, 0.3) is 5.91 Å². The number of rotatable bonds is 4. The van der Waals surface area contributed by atoms with Crippen molar-refractivity contribution in [2.75, 3.05) is 19.7 Å². The molecule has 3 aromatic rings. The summed E-state index contributed by atoms with van der Waals surface area (Å²) in [5.41, 5.74) is 2.54. The molecule has 6 nitrogen and oxygen atoms in total. The lowest BCUT2D eigenvalue weighted by Gasteiger charge is -2.32. The Bertz CT molecular complexity index is 911. The van der Waals surface area contributed by atoms with Gasteiger partial charge >= 0.3 is 0 Å². The van der Waals surface area contributed by atoms with E-state index in [2.05, 4.69) is 26.2 Å². The third kappa shape index (κ3) is 4.26. The van der Waals surface area contributed by atoms with Gasteiger partial charge in [-0.05, 0) is 23.3 Å². The van der Waals surface area contributed by atoms with Gasteiger partial charge in [0.2, 0.25) is 0 Å². The molecule has 1 aliphatic rings. The molecule has 4 rings (SSSR count). The third-order valence-corrected chi connectivity index (χ3v) is 5.07. The summed E-state index contributed by atoms with van der Waals surface area (Å²) in [7, 11) is 0. The molecule has 2 heterocycles. The van der Waals surface area contributed by atoms with Crippen molar-refractivity contribution in [2.24, 2.45) is 0 Å². The minimum atomic E-state index is -0.129. The van der Waals surface area contributed by atoms with E-state index >= 15 is 0 Å². The number of benzene rings is 2. The standard InChI is InChI=1S/C20H19BrN4O2/c21-17-8-6-16(7-9-17)19-14-24(10-11-27-19)20(26)18-13-25(23-22-18)12-15-4-2-1-3-5-15/h1-9,13,19H,10-12,14H2. The molecule has 1 amide bonds. The molecule has 0 aliphatic carbocycles. The van der Waals surface area contributed by atoms with Crippen molar-refractivity contribution in [3.8, 4) is 0 Å². The monoisotopic (exact) mass is 426 g/mol. The van der Waals surface area contributed by atoms with Crippen LogP contribution in [0.1, 0.15) is 27.7 Å². The van der Waals surface area contributed by atoms with E-state index in [0.29, 0.717) is 31.9 Å². The quantitative estimate of drug-likeness (QED) is 0.641. The maximum absolute atomic E-state index is 12.8. The van der Waals surface area contributed by atoms with Gasteiger partial charge in [-0.25, -0.2) is 4.68 Å². The second-order valence-electron chi connectivity index (χ2n) is 6.45. The zero-order valence-corrected chi connectivity index (χ0v) is 16.2. The fourth-order valence-electron chi connectivity index (χ4n) is 3.12. The van der Waals surface area contributed by atoms with Crippen LogP contribution < -0.4 is 0 Å². The predicted octanol–water partition coefficient (Wildman–Crippen LogP) is 3.30. The van der Waals surface area contributed by atoms with Gasteiger partial charge in [0.1, 0.15) is 6.10 Å². The van der Waals surface area contributed by atoms with Gasteiger partial charge in [0.05, 0.1) is 25.9 Å². The van der Waals surface area contributed by atoms with Crippen LogP contribution in [0.15, 0.2) is 65.3 Å². The second-order valence-corrected chi connectivity index (χ2v) is 7.36. The molecule has 1 saturated heterocycles. The fourth-order valence-corrected chi connectivity index (χ4v) is 3.38. The summed E-state index contributed by atoms with van der Waals surface area (Å²) in [6, 6.07) is 18.0. The van der Waals surface area contributed by atoms with E-state index in [1.165, 1.54) is 0 Å². The molecular weight excluding hydrogens is 408 g/mol. The van der Waals surface area contributed by atoms with Crippen LogP contribution in [0.4, 0.5) is 0 Å². The summed E-state index contributed by atoms with van der Waals surface area (Å²) in [5.74, 6) is -0.111. The number of morpholine rings is 1. The van der Waals surface area contributed by atoms with E-state index in [0.717, 1.165) is 15.6 Å². The Morgan fingerprint density at radius 3 is 2.70 bits per heavy atom. The summed E-state index contributed by atoms with van der Waals surface area (Å²) in [6.07, 6.45) is 1.58. The minimum absolute atomic E-state index is 0.111. The van der Waals surface area contributed by atoms with Crippen molar-refractivity contribution < 1.29 is 9.53 Å². The maximum Gasteiger partial charge on any atom is 0.276 e. The van der Waals surface area contributed by atoms with E-state index in [4.69, 9.17) is 4.74 Å². The SMILES string of the molecule is O=C(c1cn(Cc2ccccc2)nn1)N1CCOC(c2ccc(Br)cc2)C1. The Hall–Kier alpha value is -2.51. The molecule has 1 aliphatic heterocycles. The number of hydrogen-bond donors (Lipinski definition) is 0. The van der Waals surface area contributed by atoms with Gasteiger partial charge in [-0.15, -0.1) is 5.10 Å². The molecule has 7 heteroatoms. The summed E-state index contributed by atoms with van der Waals surface area (Å²) >= 11 is 3.44. The number of amides is 1. The van der Waals surface area contributed by atoms with Crippen LogP contribution in [0.2, 0.25) is 0 Å². The summed E-state index contributed by atoms with van der Waals surface area (Å²) in [6.45, 7) is 2.15. The lowest BCUT2D eigenvalue weighted by atomic mass is 10.1. The van der Waals surface area contributed by atoms with Gasteiger partial charge in [-0.1, -0.05) is 63.6 Å². The second kappa shape index (κ2) is 8.02. The average Bonchev–Trinajstić information content (AvgIpc) is 3.17. The number of carbonyl (C=O) groups excluding carboxylic acids is 1. The van der Waals surface area contributed by atoms with E-state index in [9.17, 15) is 4.79 Å². The Balaban J connectivity index is 1.44. The zero-order valence-electron chi connectivity index (χ0n) is 14.7. The highest BCUT2D eigenvalue weighted by atomic mass is 79.9. The van der Waals surface area contributed by atoms with Crippen LogP contribution in [-0.2, 0) is 11.3 Å². The Morgan fingerprint density at radius 1 is 1.15 bits per heavy atom. The van der Waals surface area contributed by atoms with Crippen LogP contribution in [0.5, 0.6) is 0 Å². The molecule has 0 radical (unpaired) electrons. The van der Waals surface area contributed by atoms with Gasteiger partial charge in [-0.2, -0.15) is 0 Å². The average molecular weight is 427 g/mol. The summed E-state index contributed by atoms with van der Waals surface area (Å²) < 4.78 is 8.56. The molecule has 0 spiro atoms. The molecule has 0 N–H and O–H groups in total. The molecule has 0 saturated carbocycles. The van der Waals surface area contributed by atoms with Crippen LogP contribution in [0.3, 0.4) is 0 Å². The first-order chi connectivity index (χ1) is 13.2. The maximum atomic E-state index is 12.8. The van der Waals surface area contributed by atoms with E-state index in [1.54, 1.807) is 15.8 Å². The largest absolute Gasteiger partial charge is 0.370 e. The van der Waals surface area contributed by atoms with Gasteiger partial charge in [0.15, 0.2) is 5.69 Å². The van der Waals surface area contributed by atoms with Crippen LogP contribution >= 0.6 is 15.9 Å². The van der Waals surface area contributed by atoms with Crippen molar-refractivity contribution in [3.63, 3.8) is 0 Å². The lowest BCUT2D eigenvalue weighted by molar-refractivity contribution is -0.0230. The third-order valence-electron chi connectivity index (χ3n) is 4.54. The number of hydrogen-bond acceptors (Lipinski definition) is 4. The Kier molecular flexibility index (Phi) is 5.31. The van der Waals surface area contributed by atoms with Crippen molar-refractivity contribution in [1.29, 1.82) is 0 Å². The first kappa shape index (κ1) is 17.9. The topological polar surface area (TPSA) is 60.2 Å². The molecular formula is C20H19BrN4O2. The molecule has 1 unspecified atom stereocenters. The fraction of sp³-hybridized carbons (Fsp3) is 0.250. The smallest absolute Gasteiger partial charge is 0.276 e. The number of ether oxygens (including phenoxy) is 1. The highest BCUT2D eigenvalue weighted by Crippen LogP contribution is 2.24. The van der Waals surface area contributed by atoms with E-state index < -0.39 is 0 Å². The molecule has 1 fully saturated rings. The van der Waals surface area contributed by atoms with E-state index in [1.807, 2.05) is 54.6 Å². The highest BCUT2D eigenvalue weighted by Gasteiger charge is 2.27. The Morgan fingerprint density at radius 2 is 1.93 bits per heavy atom. The lowest BCUT2D eigenvalue weighted by Crippen LogP contribution is -2.42. The Labute approximate surface area is 165 Å². The predicted molar refractivity (Wildman–Crippen MR) is 104 cm³/mol. The van der Waals surface area contributed by atoms with Gasteiger partial charge in [0, 0.05) is 11.0 Å². The van der Waals surface area contributed by atoms with Gasteiger partial charge in [-0.3, -0.25) is 4.79 Å². The first-order valence-corrected chi connectivity index (χ1v) is 9.59. The number of nitrogens with zero attached hydrogens (tertiary/aromatic N) is 4. The molecule has 27 heavy (non-hydrogen) atoms. The van der Waals surface area contributed by atoms with Crippen molar-refractivity contribution in [1.82, 2.24) is 19.9 Å². The van der Waals surface area contributed by atoms with Crippen molar-refractivity contribution in [2.45, 2.75) is 12.6 Å². The first-order valence-electron chi connectivity index (χ1n) is 8.79. The normalized spacial score (nSPS) is 17.1. The summed E-state index contributed by atoms with van der Waals surface area (Å²) in [4.78, 5) is 14.6. The van der Waals surface area contributed by atoms with E-state index in [-0.39, 0.29) is 12.0 Å². The van der Waals surface area contributed by atoms with Crippen molar-refractivity contribution >= 4 is 21.8 Å². The van der Waals surface area contributed by atoms with Crippen LogP contribution in [0, 0.1) is 0 Å². The highest BCUT2D eigenvalue weighted by molar-refractivity contribution is 9.10. The van der Waals surface area contributed by atoms with Crippen LogP contribution in [0.25, 0.3) is 0 Å². The molecule has 0 bridgehead atoms. The number of halogens is 1. The van der Waals surface area contributed by atoms with Crippen LogP contribution in [-0.4, -0.2) is 45.5 Å². The molecule has 2 aromatic carbocycles.